The molecule has 4 rings (SSSR count). The minimum Gasteiger partial charge on any atom is -0.367 e. The second-order valence-electron chi connectivity index (χ2n) is 5.69. The number of anilines is 1. The molecule has 2 aromatic heterocycles. The highest BCUT2D eigenvalue weighted by molar-refractivity contribution is 5.83. The third-order valence-corrected chi connectivity index (χ3v) is 4.17. The molecule has 1 fully saturated rings. The number of aromatic amines is 1. The topological polar surface area (TPSA) is 73.3 Å². The van der Waals surface area contributed by atoms with Gasteiger partial charge in [-0.05, 0) is 13.0 Å². The maximum atomic E-state index is 4.62. The van der Waals surface area contributed by atoms with E-state index in [0.29, 0.717) is 0 Å². The molecule has 1 saturated heterocycles. The molecule has 2 aromatic rings. The van der Waals surface area contributed by atoms with E-state index in [1.54, 1.807) is 6.33 Å². The molecule has 0 spiro atoms. The van der Waals surface area contributed by atoms with Crippen molar-refractivity contribution in [2.45, 2.75) is 13.3 Å². The maximum Gasteiger partial charge on any atom is 0.183 e. The van der Waals surface area contributed by atoms with Gasteiger partial charge in [0.05, 0.1) is 12.0 Å². The summed E-state index contributed by atoms with van der Waals surface area (Å²) in [5.74, 6) is 1.71. The molecule has 0 aromatic carbocycles. The standard InChI is InChI=1S/C16H19N7/c1-12-20-15-14(18-11-19-15)16(21-12)23-8-6-22(7-9-23)13-4-2-3-5-17-10-13/h2,4-5,10-11H,3,6-9H2,1H3,(H,18,19,20,21). The van der Waals surface area contributed by atoms with Gasteiger partial charge in [-0.15, -0.1) is 0 Å². The van der Waals surface area contributed by atoms with Crippen LogP contribution >= 0.6 is 0 Å². The van der Waals surface area contributed by atoms with Crippen LogP contribution in [-0.4, -0.2) is 57.2 Å². The summed E-state index contributed by atoms with van der Waals surface area (Å²) in [6.07, 6.45) is 10.8. The predicted molar refractivity (Wildman–Crippen MR) is 90.5 cm³/mol. The Kier molecular flexibility index (Phi) is 3.53. The van der Waals surface area contributed by atoms with Gasteiger partial charge in [-0.2, -0.15) is 0 Å². The summed E-state index contributed by atoms with van der Waals surface area (Å²) in [6, 6.07) is 0. The second kappa shape index (κ2) is 5.83. The Morgan fingerprint density at radius 3 is 2.78 bits per heavy atom. The largest absolute Gasteiger partial charge is 0.367 e. The highest BCUT2D eigenvalue weighted by Gasteiger charge is 2.22. The lowest BCUT2D eigenvalue weighted by Gasteiger charge is -2.37. The van der Waals surface area contributed by atoms with Crippen molar-refractivity contribution >= 4 is 23.2 Å². The smallest absolute Gasteiger partial charge is 0.183 e. The van der Waals surface area contributed by atoms with Crippen LogP contribution in [0.3, 0.4) is 0 Å². The van der Waals surface area contributed by atoms with Crippen LogP contribution in [0.1, 0.15) is 12.2 Å². The van der Waals surface area contributed by atoms with Gasteiger partial charge in [-0.25, -0.2) is 15.0 Å². The molecule has 0 aliphatic carbocycles. The Morgan fingerprint density at radius 1 is 1.09 bits per heavy atom. The molecule has 2 aliphatic heterocycles. The molecule has 2 aliphatic rings. The first-order valence-electron chi connectivity index (χ1n) is 7.87. The summed E-state index contributed by atoms with van der Waals surface area (Å²) < 4.78 is 0. The Morgan fingerprint density at radius 2 is 1.91 bits per heavy atom. The quantitative estimate of drug-likeness (QED) is 0.913. The number of hydrogen-bond acceptors (Lipinski definition) is 6. The van der Waals surface area contributed by atoms with E-state index in [1.807, 2.05) is 19.3 Å². The fourth-order valence-corrected chi connectivity index (χ4v) is 3.00. The summed E-state index contributed by atoms with van der Waals surface area (Å²) in [7, 11) is 0. The number of aromatic nitrogens is 4. The molecule has 0 radical (unpaired) electrons. The number of piperazine rings is 1. The molecule has 0 bridgehead atoms. The zero-order valence-electron chi connectivity index (χ0n) is 13.1. The first-order chi connectivity index (χ1) is 11.3. The van der Waals surface area contributed by atoms with Crippen LogP contribution in [0.25, 0.3) is 11.2 Å². The van der Waals surface area contributed by atoms with Gasteiger partial charge < -0.3 is 14.8 Å². The molecular formula is C16H19N7. The van der Waals surface area contributed by atoms with Crippen molar-refractivity contribution in [3.8, 4) is 0 Å². The van der Waals surface area contributed by atoms with Crippen LogP contribution in [0.5, 0.6) is 0 Å². The number of H-pyrrole nitrogens is 1. The lowest BCUT2D eigenvalue weighted by Crippen LogP contribution is -2.46. The fraction of sp³-hybridized carbons (Fsp3) is 0.375. The number of fused-ring (bicyclic) bond motifs is 1. The van der Waals surface area contributed by atoms with Gasteiger partial charge in [0.1, 0.15) is 11.3 Å². The zero-order chi connectivity index (χ0) is 15.6. The molecule has 23 heavy (non-hydrogen) atoms. The van der Waals surface area contributed by atoms with E-state index in [-0.39, 0.29) is 0 Å². The monoisotopic (exact) mass is 309 g/mol. The van der Waals surface area contributed by atoms with Gasteiger partial charge in [-0.1, -0.05) is 6.08 Å². The summed E-state index contributed by atoms with van der Waals surface area (Å²) in [5, 5.41) is 0. The van der Waals surface area contributed by atoms with Crippen LogP contribution in [0.4, 0.5) is 5.82 Å². The van der Waals surface area contributed by atoms with Crippen LogP contribution in [0.2, 0.25) is 0 Å². The third-order valence-electron chi connectivity index (χ3n) is 4.17. The lowest BCUT2D eigenvalue weighted by atomic mass is 10.2. The SMILES string of the molecule is Cc1nc(N2CCN(C3=CN=CCC=C3)CC2)c2[nH]cnc2n1. The fourth-order valence-electron chi connectivity index (χ4n) is 3.00. The van der Waals surface area contributed by atoms with Crippen LogP contribution < -0.4 is 4.90 Å². The second-order valence-corrected chi connectivity index (χ2v) is 5.69. The van der Waals surface area contributed by atoms with Crippen molar-refractivity contribution in [1.29, 1.82) is 0 Å². The van der Waals surface area contributed by atoms with Crippen molar-refractivity contribution in [2.75, 3.05) is 31.1 Å². The van der Waals surface area contributed by atoms with Crippen molar-refractivity contribution in [1.82, 2.24) is 24.8 Å². The predicted octanol–water partition coefficient (Wildman–Crippen LogP) is 1.66. The average molecular weight is 309 g/mol. The molecule has 0 saturated carbocycles. The molecule has 7 nitrogen and oxygen atoms in total. The van der Waals surface area contributed by atoms with Crippen molar-refractivity contribution in [2.24, 2.45) is 4.99 Å². The van der Waals surface area contributed by atoms with E-state index in [4.69, 9.17) is 0 Å². The molecule has 4 heterocycles. The first-order valence-corrected chi connectivity index (χ1v) is 7.87. The number of allylic oxidation sites excluding steroid dienone is 2. The van der Waals surface area contributed by atoms with E-state index in [0.717, 1.165) is 55.4 Å². The van der Waals surface area contributed by atoms with Gasteiger partial charge in [0.2, 0.25) is 0 Å². The number of hydrogen-bond donors (Lipinski definition) is 1. The van der Waals surface area contributed by atoms with Gasteiger partial charge in [0.15, 0.2) is 11.5 Å². The van der Waals surface area contributed by atoms with E-state index < -0.39 is 0 Å². The van der Waals surface area contributed by atoms with E-state index in [2.05, 4.69) is 46.9 Å². The van der Waals surface area contributed by atoms with Crippen molar-refractivity contribution < 1.29 is 0 Å². The zero-order valence-corrected chi connectivity index (χ0v) is 13.1. The molecule has 0 atom stereocenters. The number of imidazole rings is 1. The Hall–Kier alpha value is -2.70. The Bertz CT molecular complexity index is 794. The Balaban J connectivity index is 1.54. The first kappa shape index (κ1) is 13.9. The van der Waals surface area contributed by atoms with Crippen LogP contribution in [0.15, 0.2) is 35.4 Å². The number of nitrogens with one attached hydrogen (secondary N) is 1. The van der Waals surface area contributed by atoms with Crippen molar-refractivity contribution in [3.05, 3.63) is 36.2 Å². The lowest BCUT2D eigenvalue weighted by molar-refractivity contribution is 0.329. The molecule has 1 N–H and O–H groups in total. The molecule has 118 valence electrons. The average Bonchev–Trinajstić information content (AvgIpc) is 2.87. The highest BCUT2D eigenvalue weighted by atomic mass is 15.3. The number of aryl methyl sites for hydroxylation is 1. The normalized spacial score (nSPS) is 18.4. The van der Waals surface area contributed by atoms with Crippen LogP contribution in [-0.2, 0) is 0 Å². The molecular weight excluding hydrogens is 290 g/mol. The number of nitrogens with zero attached hydrogens (tertiary/aromatic N) is 6. The van der Waals surface area contributed by atoms with Crippen molar-refractivity contribution in [3.63, 3.8) is 0 Å². The van der Waals surface area contributed by atoms with Gasteiger partial charge in [-0.3, -0.25) is 4.99 Å². The van der Waals surface area contributed by atoms with Gasteiger partial charge in [0.25, 0.3) is 0 Å². The van der Waals surface area contributed by atoms with Gasteiger partial charge in [0, 0.05) is 45.0 Å². The molecule has 7 heteroatoms. The summed E-state index contributed by atoms with van der Waals surface area (Å²) >= 11 is 0. The highest BCUT2D eigenvalue weighted by Crippen LogP contribution is 2.23. The van der Waals surface area contributed by atoms with Gasteiger partial charge >= 0.3 is 0 Å². The summed E-state index contributed by atoms with van der Waals surface area (Å²) in [4.78, 5) is 25.4. The van der Waals surface area contributed by atoms with E-state index >= 15 is 0 Å². The van der Waals surface area contributed by atoms with E-state index in [9.17, 15) is 0 Å². The molecule has 0 amide bonds. The number of aliphatic imine (C=N–C) groups is 1. The molecule has 0 unspecified atom stereocenters. The minimum atomic E-state index is 0.735. The number of rotatable bonds is 2. The van der Waals surface area contributed by atoms with E-state index in [1.165, 1.54) is 5.70 Å². The summed E-state index contributed by atoms with van der Waals surface area (Å²) in [6.45, 7) is 5.64. The Labute approximate surface area is 134 Å². The summed E-state index contributed by atoms with van der Waals surface area (Å²) in [5.41, 5.74) is 2.84. The third kappa shape index (κ3) is 2.69. The maximum absolute atomic E-state index is 4.62. The minimum absolute atomic E-state index is 0.735. The van der Waals surface area contributed by atoms with Crippen LogP contribution in [0, 0.1) is 6.92 Å².